The predicted octanol–water partition coefficient (Wildman–Crippen LogP) is 1.92. The van der Waals surface area contributed by atoms with E-state index in [1.807, 2.05) is 4.90 Å². The molecule has 3 rings (SSSR count). The second kappa shape index (κ2) is 9.15. The highest BCUT2D eigenvalue weighted by Crippen LogP contribution is 2.16. The molecule has 0 radical (unpaired) electrons. The molecule has 2 aliphatic heterocycles. The van der Waals surface area contributed by atoms with E-state index in [2.05, 4.69) is 5.32 Å². The van der Waals surface area contributed by atoms with E-state index in [1.165, 1.54) is 24.3 Å². The van der Waals surface area contributed by atoms with E-state index in [0.717, 1.165) is 25.9 Å². The molecule has 25 heavy (non-hydrogen) atoms. The van der Waals surface area contributed by atoms with E-state index >= 15 is 0 Å². The van der Waals surface area contributed by atoms with Crippen molar-refractivity contribution in [3.05, 3.63) is 35.6 Å². The van der Waals surface area contributed by atoms with Crippen molar-refractivity contribution in [1.82, 2.24) is 15.1 Å². The van der Waals surface area contributed by atoms with Crippen molar-refractivity contribution in [2.24, 2.45) is 5.92 Å². The normalized spacial score (nSPS) is 20.3. The Kier molecular flexibility index (Phi) is 7.20. The third-order valence-electron chi connectivity index (χ3n) is 4.94. The van der Waals surface area contributed by atoms with Gasteiger partial charge in [0.15, 0.2) is 0 Å². The first-order valence-corrected chi connectivity index (χ1v) is 8.67. The SMILES string of the molecule is Cl.O=C(CCC1CCNC1)N1CCN(C(=O)c2ccc(F)cc2)CC1. The summed E-state index contributed by atoms with van der Waals surface area (Å²) in [6.45, 7) is 4.31. The number of nitrogens with zero attached hydrogens (tertiary/aromatic N) is 2. The van der Waals surface area contributed by atoms with Crippen LogP contribution in [0.15, 0.2) is 24.3 Å². The minimum absolute atomic E-state index is 0. The zero-order chi connectivity index (χ0) is 16.9. The van der Waals surface area contributed by atoms with Crippen LogP contribution in [0.1, 0.15) is 29.6 Å². The first-order valence-electron chi connectivity index (χ1n) is 8.67. The summed E-state index contributed by atoms with van der Waals surface area (Å²) in [7, 11) is 0. The molecule has 7 heteroatoms. The van der Waals surface area contributed by atoms with Gasteiger partial charge < -0.3 is 15.1 Å². The molecule has 0 spiro atoms. The topological polar surface area (TPSA) is 52.7 Å². The highest BCUT2D eigenvalue weighted by Gasteiger charge is 2.25. The number of rotatable bonds is 4. The summed E-state index contributed by atoms with van der Waals surface area (Å²) in [6, 6.07) is 5.60. The van der Waals surface area contributed by atoms with Crippen LogP contribution in [0.4, 0.5) is 4.39 Å². The van der Waals surface area contributed by atoms with Crippen LogP contribution < -0.4 is 5.32 Å². The van der Waals surface area contributed by atoms with E-state index in [-0.39, 0.29) is 30.0 Å². The third-order valence-corrected chi connectivity index (χ3v) is 4.94. The first-order chi connectivity index (χ1) is 11.6. The Morgan fingerprint density at radius 1 is 1.08 bits per heavy atom. The molecule has 1 N–H and O–H groups in total. The van der Waals surface area contributed by atoms with Gasteiger partial charge in [0, 0.05) is 38.2 Å². The number of nitrogens with one attached hydrogen (secondary N) is 1. The molecule has 0 bridgehead atoms. The number of benzene rings is 1. The molecule has 2 saturated heterocycles. The van der Waals surface area contributed by atoms with E-state index in [1.54, 1.807) is 4.90 Å². The smallest absolute Gasteiger partial charge is 0.253 e. The Hall–Kier alpha value is -1.66. The maximum Gasteiger partial charge on any atom is 0.253 e. The van der Waals surface area contributed by atoms with Gasteiger partial charge in [-0.1, -0.05) is 0 Å². The van der Waals surface area contributed by atoms with Gasteiger partial charge in [-0.05, 0) is 56.1 Å². The average molecular weight is 370 g/mol. The van der Waals surface area contributed by atoms with Crippen LogP contribution in [0, 0.1) is 11.7 Å². The van der Waals surface area contributed by atoms with Crippen molar-refractivity contribution in [2.75, 3.05) is 39.3 Å². The minimum atomic E-state index is -0.348. The number of carbonyl (C=O) groups excluding carboxylic acids is 2. The summed E-state index contributed by atoms with van der Waals surface area (Å²) in [5.41, 5.74) is 0.491. The summed E-state index contributed by atoms with van der Waals surface area (Å²) in [5, 5.41) is 3.32. The van der Waals surface area contributed by atoms with Crippen LogP contribution >= 0.6 is 12.4 Å². The summed E-state index contributed by atoms with van der Waals surface area (Å²) in [5.74, 6) is 0.365. The summed E-state index contributed by atoms with van der Waals surface area (Å²) in [4.78, 5) is 28.3. The number of hydrogen-bond acceptors (Lipinski definition) is 3. The molecule has 138 valence electrons. The van der Waals surface area contributed by atoms with Crippen LogP contribution in [0.2, 0.25) is 0 Å². The molecule has 5 nitrogen and oxygen atoms in total. The minimum Gasteiger partial charge on any atom is -0.339 e. The predicted molar refractivity (Wildman–Crippen MR) is 96.3 cm³/mol. The summed E-state index contributed by atoms with van der Waals surface area (Å²) < 4.78 is 12.9. The van der Waals surface area contributed by atoms with Crippen LogP contribution in [0.25, 0.3) is 0 Å². The zero-order valence-electron chi connectivity index (χ0n) is 14.2. The first kappa shape index (κ1) is 19.7. The molecular formula is C18H25ClFN3O2. The highest BCUT2D eigenvalue weighted by atomic mass is 35.5. The van der Waals surface area contributed by atoms with Gasteiger partial charge in [0.05, 0.1) is 0 Å². The van der Waals surface area contributed by atoms with Gasteiger partial charge >= 0.3 is 0 Å². The van der Waals surface area contributed by atoms with Gasteiger partial charge in [-0.3, -0.25) is 9.59 Å². The highest BCUT2D eigenvalue weighted by molar-refractivity contribution is 5.94. The van der Waals surface area contributed by atoms with Crippen molar-refractivity contribution >= 4 is 24.2 Å². The molecule has 0 saturated carbocycles. The number of piperazine rings is 1. The Morgan fingerprint density at radius 3 is 2.32 bits per heavy atom. The monoisotopic (exact) mass is 369 g/mol. The summed E-state index contributed by atoms with van der Waals surface area (Å²) >= 11 is 0. The molecule has 2 aliphatic rings. The van der Waals surface area contributed by atoms with E-state index < -0.39 is 0 Å². The zero-order valence-corrected chi connectivity index (χ0v) is 15.1. The molecule has 1 aromatic rings. The summed E-state index contributed by atoms with van der Waals surface area (Å²) in [6.07, 6.45) is 2.70. The second-order valence-electron chi connectivity index (χ2n) is 6.58. The fourth-order valence-electron chi connectivity index (χ4n) is 3.38. The molecule has 1 aromatic carbocycles. The molecule has 0 aliphatic carbocycles. The Labute approximate surface area is 154 Å². The van der Waals surface area contributed by atoms with Crippen molar-refractivity contribution in [3.8, 4) is 0 Å². The van der Waals surface area contributed by atoms with Gasteiger partial charge in [-0.15, -0.1) is 12.4 Å². The molecule has 2 fully saturated rings. The van der Waals surface area contributed by atoms with Gasteiger partial charge in [-0.2, -0.15) is 0 Å². The maximum atomic E-state index is 12.9. The molecule has 1 unspecified atom stereocenters. The Balaban J connectivity index is 0.00000225. The van der Waals surface area contributed by atoms with Gasteiger partial charge in [0.25, 0.3) is 5.91 Å². The van der Waals surface area contributed by atoms with Crippen molar-refractivity contribution in [3.63, 3.8) is 0 Å². The maximum absolute atomic E-state index is 12.9. The lowest BCUT2D eigenvalue weighted by Gasteiger charge is -2.35. The van der Waals surface area contributed by atoms with E-state index in [0.29, 0.717) is 44.1 Å². The molecule has 2 heterocycles. The largest absolute Gasteiger partial charge is 0.339 e. The van der Waals surface area contributed by atoms with Crippen LogP contribution in [-0.2, 0) is 4.79 Å². The van der Waals surface area contributed by atoms with Crippen LogP contribution in [0.3, 0.4) is 0 Å². The lowest BCUT2D eigenvalue weighted by Crippen LogP contribution is -2.50. The van der Waals surface area contributed by atoms with Crippen LogP contribution in [-0.4, -0.2) is 60.9 Å². The van der Waals surface area contributed by atoms with E-state index in [4.69, 9.17) is 0 Å². The molecule has 0 aromatic heterocycles. The Bertz CT molecular complexity index is 582. The quantitative estimate of drug-likeness (QED) is 0.882. The van der Waals surface area contributed by atoms with Crippen molar-refractivity contribution < 1.29 is 14.0 Å². The third kappa shape index (κ3) is 5.16. The standard InChI is InChI=1S/C18H24FN3O2.ClH/c19-16-4-2-15(3-5-16)18(24)22-11-9-21(10-12-22)17(23)6-1-14-7-8-20-13-14;/h2-5,14,20H,1,6-13H2;1H. The number of carbonyl (C=O) groups is 2. The second-order valence-corrected chi connectivity index (χ2v) is 6.58. The number of hydrogen-bond donors (Lipinski definition) is 1. The fourth-order valence-corrected chi connectivity index (χ4v) is 3.38. The Morgan fingerprint density at radius 2 is 1.72 bits per heavy atom. The lowest BCUT2D eigenvalue weighted by molar-refractivity contribution is -0.132. The fraction of sp³-hybridized carbons (Fsp3) is 0.556. The van der Waals surface area contributed by atoms with Crippen molar-refractivity contribution in [1.29, 1.82) is 0 Å². The van der Waals surface area contributed by atoms with Gasteiger partial charge in [-0.25, -0.2) is 4.39 Å². The molecular weight excluding hydrogens is 345 g/mol. The van der Waals surface area contributed by atoms with Crippen molar-refractivity contribution in [2.45, 2.75) is 19.3 Å². The van der Waals surface area contributed by atoms with E-state index in [9.17, 15) is 14.0 Å². The molecule has 1 atom stereocenters. The van der Waals surface area contributed by atoms with Crippen LogP contribution in [0.5, 0.6) is 0 Å². The number of amides is 2. The number of halogens is 2. The lowest BCUT2D eigenvalue weighted by atomic mass is 10.0. The van der Waals surface area contributed by atoms with Gasteiger partial charge in [0.1, 0.15) is 5.82 Å². The van der Waals surface area contributed by atoms with Gasteiger partial charge in [0.2, 0.25) is 5.91 Å². The average Bonchev–Trinajstić information content (AvgIpc) is 3.13. The molecule has 2 amide bonds.